The zero-order chi connectivity index (χ0) is 9.42. The van der Waals surface area contributed by atoms with E-state index in [2.05, 4.69) is 30.9 Å². The Balaban J connectivity index is 3.05. The molecule has 0 saturated carbocycles. The Morgan fingerprint density at radius 2 is 2.31 bits per heavy atom. The molecule has 0 atom stereocenters. The summed E-state index contributed by atoms with van der Waals surface area (Å²) in [6.07, 6.45) is 1.89. The topological polar surface area (TPSA) is 78.6 Å². The summed E-state index contributed by atoms with van der Waals surface area (Å²) in [5.74, 6) is 0. The van der Waals surface area contributed by atoms with E-state index in [9.17, 15) is 9.59 Å². The number of fused-ring (bicyclic) bond motifs is 1. The van der Waals surface area contributed by atoms with Crippen LogP contribution in [-0.4, -0.2) is 21.2 Å². The van der Waals surface area contributed by atoms with E-state index in [1.165, 1.54) is 6.33 Å². The molecule has 0 radical (unpaired) electrons. The fourth-order valence-corrected chi connectivity index (χ4v) is 1.62. The highest BCUT2D eigenvalue weighted by Gasteiger charge is 2.11. The monoisotopic (exact) mass is 241 g/mol. The molecule has 0 saturated heterocycles. The van der Waals surface area contributed by atoms with E-state index in [0.717, 1.165) is 0 Å². The molecular weight excluding hydrogens is 238 g/mol. The van der Waals surface area contributed by atoms with Gasteiger partial charge in [0.1, 0.15) is 5.65 Å². The van der Waals surface area contributed by atoms with Gasteiger partial charge in [-0.2, -0.15) is 0 Å². The number of hydrogen-bond donors (Lipinski definition) is 2. The summed E-state index contributed by atoms with van der Waals surface area (Å²) in [5, 5.41) is 0.282. The minimum absolute atomic E-state index is 0.282. The van der Waals surface area contributed by atoms with Crippen molar-refractivity contribution < 1.29 is 4.79 Å². The Hall–Kier alpha value is -1.43. The highest BCUT2D eigenvalue weighted by molar-refractivity contribution is 9.10. The fourth-order valence-electron chi connectivity index (χ4n) is 1.14. The molecule has 0 fully saturated rings. The van der Waals surface area contributed by atoms with Gasteiger partial charge in [0.2, 0.25) is 0 Å². The van der Waals surface area contributed by atoms with Crippen molar-refractivity contribution in [1.82, 2.24) is 15.0 Å². The van der Waals surface area contributed by atoms with Crippen molar-refractivity contribution in [2.45, 2.75) is 0 Å². The molecule has 66 valence electrons. The average Bonchev–Trinajstić information content (AvgIpc) is 2.42. The molecule has 13 heavy (non-hydrogen) atoms. The molecule has 0 spiro atoms. The first-order chi connectivity index (χ1) is 6.24. The van der Waals surface area contributed by atoms with Crippen LogP contribution in [0.15, 0.2) is 15.7 Å². The van der Waals surface area contributed by atoms with Gasteiger partial charge in [0.25, 0.3) is 5.56 Å². The Morgan fingerprint density at radius 1 is 1.54 bits per heavy atom. The quantitative estimate of drug-likeness (QED) is 0.726. The minimum Gasteiger partial charge on any atom is -0.333 e. The van der Waals surface area contributed by atoms with E-state index >= 15 is 0 Å². The van der Waals surface area contributed by atoms with Gasteiger partial charge in [-0.3, -0.25) is 9.59 Å². The maximum absolute atomic E-state index is 11.3. The molecule has 6 heteroatoms. The molecule has 0 bridgehead atoms. The van der Waals surface area contributed by atoms with Gasteiger partial charge < -0.3 is 9.97 Å². The van der Waals surface area contributed by atoms with Crippen LogP contribution in [0, 0.1) is 0 Å². The van der Waals surface area contributed by atoms with Crippen molar-refractivity contribution in [2.75, 3.05) is 0 Å². The normalized spacial score (nSPS) is 10.5. The maximum Gasteiger partial charge on any atom is 0.260 e. The Kier molecular flexibility index (Phi) is 1.77. The van der Waals surface area contributed by atoms with Gasteiger partial charge in [0, 0.05) is 0 Å². The van der Waals surface area contributed by atoms with E-state index in [1.54, 1.807) is 0 Å². The minimum atomic E-state index is -0.325. The first-order valence-corrected chi connectivity index (χ1v) is 4.23. The molecule has 2 N–H and O–H groups in total. The standard InChI is InChI=1S/C7H4BrN3O2/c8-5-3(1-12)4-6(11-5)9-2-10-7(4)13/h1-2H,(H2,9,10,11,13). The first-order valence-electron chi connectivity index (χ1n) is 3.44. The fraction of sp³-hybridized carbons (Fsp3) is 0. The van der Waals surface area contributed by atoms with Crippen LogP contribution in [-0.2, 0) is 0 Å². The Bertz CT molecular complexity index is 528. The van der Waals surface area contributed by atoms with Crippen molar-refractivity contribution >= 4 is 33.2 Å². The molecule has 5 nitrogen and oxygen atoms in total. The zero-order valence-electron chi connectivity index (χ0n) is 6.30. The van der Waals surface area contributed by atoms with Gasteiger partial charge in [-0.25, -0.2) is 4.98 Å². The number of nitrogens with zero attached hydrogens (tertiary/aromatic N) is 1. The average molecular weight is 242 g/mol. The molecule has 2 rings (SSSR count). The van der Waals surface area contributed by atoms with Gasteiger partial charge in [0.15, 0.2) is 6.29 Å². The molecule has 0 aromatic carbocycles. The predicted octanol–water partition coefficient (Wildman–Crippen LogP) is 0.826. The van der Waals surface area contributed by atoms with Crippen LogP contribution >= 0.6 is 15.9 Å². The lowest BCUT2D eigenvalue weighted by molar-refractivity contribution is 0.112. The second kappa shape index (κ2) is 2.81. The summed E-state index contributed by atoms with van der Waals surface area (Å²) in [7, 11) is 0. The molecule has 0 aliphatic carbocycles. The highest BCUT2D eigenvalue weighted by atomic mass is 79.9. The lowest BCUT2D eigenvalue weighted by Crippen LogP contribution is -2.06. The molecule has 0 amide bonds. The lowest BCUT2D eigenvalue weighted by atomic mass is 10.3. The number of aromatic nitrogens is 3. The molecular formula is C7H4BrN3O2. The predicted molar refractivity (Wildman–Crippen MR) is 49.8 cm³/mol. The van der Waals surface area contributed by atoms with Gasteiger partial charge in [-0.05, 0) is 15.9 Å². The highest BCUT2D eigenvalue weighted by Crippen LogP contribution is 2.19. The summed E-state index contributed by atoms with van der Waals surface area (Å²) in [6.45, 7) is 0. The summed E-state index contributed by atoms with van der Waals surface area (Å²) < 4.78 is 0.474. The van der Waals surface area contributed by atoms with Crippen LogP contribution in [0.2, 0.25) is 0 Å². The summed E-state index contributed by atoms with van der Waals surface area (Å²) in [6, 6.07) is 0. The summed E-state index contributed by atoms with van der Waals surface area (Å²) in [5.41, 5.74) is 0.371. The molecule has 2 aromatic rings. The molecule has 0 aliphatic heterocycles. The van der Waals surface area contributed by atoms with Crippen molar-refractivity contribution in [1.29, 1.82) is 0 Å². The first kappa shape index (κ1) is 8.18. The van der Waals surface area contributed by atoms with E-state index < -0.39 is 0 Å². The third-order valence-corrected chi connectivity index (χ3v) is 2.33. The number of aromatic amines is 2. The van der Waals surface area contributed by atoms with Gasteiger partial charge >= 0.3 is 0 Å². The molecule has 2 aromatic heterocycles. The van der Waals surface area contributed by atoms with E-state index in [4.69, 9.17) is 0 Å². The lowest BCUT2D eigenvalue weighted by Gasteiger charge is -1.86. The summed E-state index contributed by atoms with van der Waals surface area (Å²) in [4.78, 5) is 30.9. The number of carbonyl (C=O) groups excluding carboxylic acids is 1. The van der Waals surface area contributed by atoms with Crippen molar-refractivity contribution in [2.24, 2.45) is 0 Å². The number of halogens is 1. The van der Waals surface area contributed by atoms with E-state index in [0.29, 0.717) is 22.1 Å². The van der Waals surface area contributed by atoms with Crippen LogP contribution < -0.4 is 5.56 Å². The maximum atomic E-state index is 11.3. The summed E-state index contributed by atoms with van der Waals surface area (Å²) >= 11 is 3.12. The van der Waals surface area contributed by atoms with Crippen LogP contribution in [0.25, 0.3) is 11.0 Å². The Labute approximate surface area is 80.3 Å². The third kappa shape index (κ3) is 1.10. The molecule has 0 unspecified atom stereocenters. The van der Waals surface area contributed by atoms with E-state index in [-0.39, 0.29) is 10.9 Å². The largest absolute Gasteiger partial charge is 0.333 e. The smallest absolute Gasteiger partial charge is 0.260 e. The Morgan fingerprint density at radius 3 is 3.00 bits per heavy atom. The van der Waals surface area contributed by atoms with Gasteiger partial charge in [0.05, 0.1) is 21.9 Å². The number of aldehydes is 1. The number of rotatable bonds is 1. The van der Waals surface area contributed by atoms with E-state index in [1.807, 2.05) is 0 Å². The second-order valence-electron chi connectivity index (χ2n) is 2.43. The van der Waals surface area contributed by atoms with Crippen LogP contribution in [0.1, 0.15) is 10.4 Å². The van der Waals surface area contributed by atoms with Crippen molar-refractivity contribution in [3.63, 3.8) is 0 Å². The van der Waals surface area contributed by atoms with Crippen molar-refractivity contribution in [3.8, 4) is 0 Å². The van der Waals surface area contributed by atoms with Gasteiger partial charge in [-0.15, -0.1) is 0 Å². The van der Waals surface area contributed by atoms with Gasteiger partial charge in [-0.1, -0.05) is 0 Å². The van der Waals surface area contributed by atoms with Crippen LogP contribution in [0.3, 0.4) is 0 Å². The van der Waals surface area contributed by atoms with Crippen LogP contribution in [0.4, 0.5) is 0 Å². The second-order valence-corrected chi connectivity index (χ2v) is 3.22. The molecule has 2 heterocycles. The number of nitrogens with one attached hydrogen (secondary N) is 2. The zero-order valence-corrected chi connectivity index (χ0v) is 7.88. The third-order valence-electron chi connectivity index (χ3n) is 1.70. The number of hydrogen-bond acceptors (Lipinski definition) is 3. The molecule has 0 aliphatic rings. The SMILES string of the molecule is O=Cc1c(Br)[nH]c2nc[nH]c(=O)c12. The number of H-pyrrole nitrogens is 2. The van der Waals surface area contributed by atoms with Crippen molar-refractivity contribution in [3.05, 3.63) is 26.8 Å². The van der Waals surface area contributed by atoms with Crippen LogP contribution in [0.5, 0.6) is 0 Å². The number of carbonyl (C=O) groups is 1.